The number of fused-ring (bicyclic) bond motifs is 3. The molecule has 0 aliphatic rings. The molecule has 164 valence electrons. The van der Waals surface area contributed by atoms with Crippen LogP contribution in [0.4, 0.5) is 0 Å². The Morgan fingerprint density at radius 2 is 1.47 bits per heavy atom. The Morgan fingerprint density at radius 3 is 2.21 bits per heavy atom. The van der Waals surface area contributed by atoms with Crippen molar-refractivity contribution in [1.82, 2.24) is 0 Å². The highest BCUT2D eigenvalue weighted by Crippen LogP contribution is 2.38. The van der Waals surface area contributed by atoms with Crippen molar-refractivity contribution in [3.63, 3.8) is 0 Å². The van der Waals surface area contributed by atoms with Gasteiger partial charge in [0, 0.05) is 26.5 Å². The number of furan rings is 1. The highest BCUT2D eigenvalue weighted by atomic mass is 16.3. The molecular formula is C32H26NO+. The van der Waals surface area contributed by atoms with Crippen molar-refractivity contribution in [1.29, 1.82) is 0 Å². The number of aryl methyl sites for hydroxylation is 3. The summed E-state index contributed by atoms with van der Waals surface area (Å²) in [5.41, 5.74) is 3.11. The SMILES string of the molecule is [2H]c1c([2H])c([2H])c(-c2c([2H])c([2H])c(-c3ccc4c(c3)oc3c(-c5ccc(C([2H])([2H])[2H])c[n+]5C)c(C)ccc34)c([2H])c2[2H])c([2H])c1[2H]. The lowest BCUT2D eigenvalue weighted by molar-refractivity contribution is -0.660. The molecule has 0 aliphatic heterocycles. The van der Waals surface area contributed by atoms with Crippen molar-refractivity contribution in [2.24, 2.45) is 7.05 Å². The van der Waals surface area contributed by atoms with E-state index in [1.807, 2.05) is 19.1 Å². The summed E-state index contributed by atoms with van der Waals surface area (Å²) in [5, 5.41) is 1.53. The third-order valence-corrected chi connectivity index (χ3v) is 5.90. The van der Waals surface area contributed by atoms with Crippen LogP contribution in [0.25, 0.3) is 55.4 Å². The molecule has 0 aliphatic carbocycles. The summed E-state index contributed by atoms with van der Waals surface area (Å²) >= 11 is 0. The van der Waals surface area contributed by atoms with Gasteiger partial charge < -0.3 is 4.42 Å². The van der Waals surface area contributed by atoms with Crippen LogP contribution in [0.3, 0.4) is 0 Å². The van der Waals surface area contributed by atoms with Crippen LogP contribution in [0, 0.1) is 13.8 Å². The summed E-state index contributed by atoms with van der Waals surface area (Å²) in [4.78, 5) is 0. The maximum Gasteiger partial charge on any atom is 0.216 e. The topological polar surface area (TPSA) is 17.0 Å². The molecule has 0 N–H and O–H groups in total. The standard InChI is InChI=1S/C32H26NO/c1-21-9-18-29(33(3)20-21)31-22(2)10-16-28-27-17-15-26(19-30(27)34-32(28)31)25-13-11-24(12-14-25)23-7-5-4-6-8-23/h4-20H,1-3H3/q+1/i1D3,4D,5D,6D,7D,8D,11D,12D,13D,14D. The molecular weight excluding hydrogens is 414 g/mol. The van der Waals surface area contributed by atoms with Gasteiger partial charge in [0.15, 0.2) is 6.20 Å². The molecule has 0 saturated carbocycles. The van der Waals surface area contributed by atoms with Crippen LogP contribution in [0.15, 0.2) is 107 Å². The summed E-state index contributed by atoms with van der Waals surface area (Å²) < 4.78 is 107. The third kappa shape index (κ3) is 3.39. The highest BCUT2D eigenvalue weighted by Gasteiger charge is 2.20. The number of pyridine rings is 1. The minimum Gasteiger partial charge on any atom is -0.455 e. The van der Waals surface area contributed by atoms with Crippen LogP contribution >= 0.6 is 0 Å². The molecule has 0 radical (unpaired) electrons. The van der Waals surface area contributed by atoms with E-state index in [4.69, 9.17) is 20.9 Å². The Balaban J connectivity index is 1.55. The van der Waals surface area contributed by atoms with Gasteiger partial charge >= 0.3 is 0 Å². The zero-order valence-electron chi connectivity index (χ0n) is 30.5. The molecule has 2 heteroatoms. The second-order valence-electron chi connectivity index (χ2n) is 8.11. The fourth-order valence-electron chi connectivity index (χ4n) is 4.24. The van der Waals surface area contributed by atoms with Crippen LogP contribution in [0.2, 0.25) is 0 Å². The van der Waals surface area contributed by atoms with E-state index in [1.54, 1.807) is 48.1 Å². The lowest BCUT2D eigenvalue weighted by atomic mass is 9.98. The smallest absolute Gasteiger partial charge is 0.216 e. The molecule has 0 fully saturated rings. The number of aromatic nitrogens is 1. The van der Waals surface area contributed by atoms with Gasteiger partial charge in [-0.1, -0.05) is 72.6 Å². The Morgan fingerprint density at radius 1 is 0.765 bits per heavy atom. The fraction of sp³-hybridized carbons (Fsp3) is 0.0938. The van der Waals surface area contributed by atoms with Crippen molar-refractivity contribution < 1.29 is 25.4 Å². The van der Waals surface area contributed by atoms with E-state index in [0.29, 0.717) is 16.7 Å². The summed E-state index contributed by atoms with van der Waals surface area (Å²) in [5.74, 6) is 0. The van der Waals surface area contributed by atoms with E-state index in [0.717, 1.165) is 27.6 Å². The average molecular weight is 453 g/mol. The van der Waals surface area contributed by atoms with Gasteiger partial charge in [0.2, 0.25) is 5.69 Å². The second kappa shape index (κ2) is 8.00. The van der Waals surface area contributed by atoms with Gasteiger partial charge in [0.1, 0.15) is 18.2 Å². The van der Waals surface area contributed by atoms with Gasteiger partial charge in [0.25, 0.3) is 0 Å². The zero-order chi connectivity index (χ0) is 33.6. The molecule has 0 spiro atoms. The van der Waals surface area contributed by atoms with Crippen molar-refractivity contribution in [2.45, 2.75) is 13.8 Å². The maximum absolute atomic E-state index is 8.81. The van der Waals surface area contributed by atoms with Crippen LogP contribution < -0.4 is 4.57 Å². The summed E-state index contributed by atoms with van der Waals surface area (Å²) in [7, 11) is 1.76. The van der Waals surface area contributed by atoms with Crippen molar-refractivity contribution in [3.8, 4) is 33.5 Å². The van der Waals surface area contributed by atoms with Gasteiger partial charge in [-0.3, -0.25) is 0 Å². The Bertz CT molecular complexity index is 2210. The van der Waals surface area contributed by atoms with Gasteiger partial charge in [-0.25, -0.2) is 4.57 Å². The van der Waals surface area contributed by atoms with Crippen molar-refractivity contribution in [3.05, 3.63) is 114 Å². The van der Waals surface area contributed by atoms with E-state index in [-0.39, 0.29) is 16.7 Å². The second-order valence-corrected chi connectivity index (χ2v) is 8.11. The highest BCUT2D eigenvalue weighted by molar-refractivity contribution is 6.10. The van der Waals surface area contributed by atoms with Crippen LogP contribution in [-0.2, 0) is 7.05 Å². The molecule has 0 unspecified atom stereocenters. The number of hydrogen-bond donors (Lipinski definition) is 0. The van der Waals surface area contributed by atoms with Crippen molar-refractivity contribution >= 4 is 21.9 Å². The first-order valence-electron chi connectivity index (χ1n) is 16.7. The maximum atomic E-state index is 8.81. The van der Waals surface area contributed by atoms with E-state index in [1.165, 1.54) is 0 Å². The first kappa shape index (κ1) is 11.3. The molecule has 2 nitrogen and oxygen atoms in total. The van der Waals surface area contributed by atoms with Gasteiger partial charge in [-0.2, -0.15) is 0 Å². The Kier molecular flexibility index (Phi) is 2.66. The number of hydrogen-bond acceptors (Lipinski definition) is 1. The fourth-order valence-corrected chi connectivity index (χ4v) is 4.24. The molecule has 0 atom stereocenters. The minimum atomic E-state index is -2.26. The zero-order valence-corrected chi connectivity index (χ0v) is 18.5. The van der Waals surface area contributed by atoms with Crippen LogP contribution in [0.5, 0.6) is 0 Å². The number of nitrogens with zero attached hydrogens (tertiary/aromatic N) is 1. The van der Waals surface area contributed by atoms with Gasteiger partial charge in [0.05, 0.1) is 17.9 Å². The summed E-state index contributed by atoms with van der Waals surface area (Å²) in [6.07, 6.45) is 1.57. The molecule has 0 bridgehead atoms. The molecule has 2 heterocycles. The van der Waals surface area contributed by atoms with E-state index < -0.39 is 66.8 Å². The van der Waals surface area contributed by atoms with E-state index in [2.05, 4.69) is 0 Å². The third-order valence-electron chi connectivity index (χ3n) is 5.90. The van der Waals surface area contributed by atoms with Crippen LogP contribution in [-0.4, -0.2) is 0 Å². The predicted molar refractivity (Wildman–Crippen MR) is 141 cm³/mol. The largest absolute Gasteiger partial charge is 0.455 e. The first-order chi connectivity index (χ1) is 21.5. The minimum absolute atomic E-state index is 0.0310. The summed E-state index contributed by atoms with van der Waals surface area (Å²) in [6.45, 7) is -0.336. The average Bonchev–Trinajstić information content (AvgIpc) is 3.37. The normalized spacial score (nSPS) is 16.8. The van der Waals surface area contributed by atoms with E-state index >= 15 is 0 Å². The molecule has 6 aromatic rings. The molecule has 0 saturated heterocycles. The molecule has 6 rings (SSSR count). The molecule has 2 aromatic heterocycles. The Hall–Kier alpha value is -4.17. The van der Waals surface area contributed by atoms with Crippen molar-refractivity contribution in [2.75, 3.05) is 0 Å². The first-order valence-corrected chi connectivity index (χ1v) is 10.7. The quantitative estimate of drug-likeness (QED) is 0.248. The van der Waals surface area contributed by atoms with Gasteiger partial charge in [-0.05, 0) is 59.8 Å². The Labute approximate surface area is 216 Å². The van der Waals surface area contributed by atoms with Crippen LogP contribution in [0.1, 0.15) is 27.6 Å². The summed E-state index contributed by atoms with van der Waals surface area (Å²) in [6, 6.07) is 7.16. The predicted octanol–water partition coefficient (Wildman–Crippen LogP) is 8.03. The monoisotopic (exact) mass is 452 g/mol. The molecule has 4 aromatic carbocycles. The molecule has 0 amide bonds. The lowest BCUT2D eigenvalue weighted by Crippen LogP contribution is -2.31. The molecule has 34 heavy (non-hydrogen) atoms. The lowest BCUT2D eigenvalue weighted by Gasteiger charge is -2.05. The number of benzene rings is 4. The van der Waals surface area contributed by atoms with E-state index in [9.17, 15) is 0 Å². The van der Waals surface area contributed by atoms with Gasteiger partial charge in [-0.15, -0.1) is 0 Å². The number of rotatable bonds is 3.